The zero-order valence-corrected chi connectivity index (χ0v) is 19.6. The molecule has 1 heterocycles. The predicted molar refractivity (Wildman–Crippen MR) is 138 cm³/mol. The molecule has 1 saturated heterocycles. The van der Waals surface area contributed by atoms with E-state index in [0.717, 1.165) is 11.1 Å². The molecule has 0 bridgehead atoms. The van der Waals surface area contributed by atoms with E-state index >= 15 is 0 Å². The summed E-state index contributed by atoms with van der Waals surface area (Å²) in [5.74, 6) is -1.34. The van der Waals surface area contributed by atoms with Gasteiger partial charge in [-0.15, -0.1) is 0 Å². The van der Waals surface area contributed by atoms with E-state index in [-0.39, 0.29) is 17.2 Å². The Hall–Kier alpha value is -4.69. The molecule has 8 nitrogen and oxygen atoms in total. The fourth-order valence-corrected chi connectivity index (χ4v) is 5.18. The Balaban J connectivity index is 1.70. The Labute approximate surface area is 212 Å². The number of nitro groups is 2. The van der Waals surface area contributed by atoms with E-state index in [9.17, 15) is 25.0 Å². The third-order valence-electron chi connectivity index (χ3n) is 6.84. The molecule has 1 aliphatic heterocycles. The van der Waals surface area contributed by atoms with Crippen molar-refractivity contribution in [3.63, 3.8) is 0 Å². The summed E-state index contributed by atoms with van der Waals surface area (Å²) in [6.45, 7) is 0. The van der Waals surface area contributed by atoms with Crippen LogP contribution < -0.4 is 5.32 Å². The van der Waals surface area contributed by atoms with Crippen molar-refractivity contribution in [1.82, 2.24) is 5.32 Å². The zero-order chi connectivity index (χ0) is 25.9. The molecule has 1 aliphatic rings. The Kier molecular flexibility index (Phi) is 6.57. The van der Waals surface area contributed by atoms with Crippen LogP contribution in [0.5, 0.6) is 0 Å². The largest absolute Gasteiger partial charge is 0.301 e. The third kappa shape index (κ3) is 4.74. The first-order chi connectivity index (χ1) is 17.9. The highest BCUT2D eigenvalue weighted by molar-refractivity contribution is 5.94. The summed E-state index contributed by atoms with van der Waals surface area (Å²) >= 11 is 0. The second-order valence-electron chi connectivity index (χ2n) is 9.01. The lowest BCUT2D eigenvalue weighted by Crippen LogP contribution is -2.46. The normalized spacial score (nSPS) is 21.4. The van der Waals surface area contributed by atoms with Gasteiger partial charge in [0.2, 0.25) is 0 Å². The van der Waals surface area contributed by atoms with E-state index in [2.05, 4.69) is 5.32 Å². The predicted octanol–water partition coefficient (Wildman–Crippen LogP) is 6.03. The van der Waals surface area contributed by atoms with E-state index in [0.29, 0.717) is 11.1 Å². The molecule has 4 atom stereocenters. The number of rotatable bonds is 6. The number of hydrogen-bond acceptors (Lipinski definition) is 6. The lowest BCUT2D eigenvalue weighted by Gasteiger charge is -2.42. The van der Waals surface area contributed by atoms with Crippen LogP contribution in [0.25, 0.3) is 0 Å². The second-order valence-corrected chi connectivity index (χ2v) is 9.01. The third-order valence-corrected chi connectivity index (χ3v) is 6.84. The minimum absolute atomic E-state index is 0.0656. The van der Waals surface area contributed by atoms with Gasteiger partial charge in [-0.05, 0) is 22.3 Å². The summed E-state index contributed by atoms with van der Waals surface area (Å²) in [5.41, 5.74) is 2.62. The molecule has 0 spiro atoms. The summed E-state index contributed by atoms with van der Waals surface area (Å²) in [6, 6.07) is 30.0. The molecule has 0 saturated carbocycles. The lowest BCUT2D eigenvalue weighted by molar-refractivity contribution is -0.385. The Morgan fingerprint density at radius 3 is 1.30 bits per heavy atom. The number of nitrogens with one attached hydrogen (secondary N) is 1. The van der Waals surface area contributed by atoms with Gasteiger partial charge in [0.15, 0.2) is 5.78 Å². The smallest absolute Gasteiger partial charge is 0.269 e. The lowest BCUT2D eigenvalue weighted by atomic mass is 9.70. The van der Waals surface area contributed by atoms with Crippen LogP contribution in [-0.2, 0) is 4.79 Å². The molecule has 0 aliphatic carbocycles. The number of nitrogens with zero attached hydrogens (tertiary/aromatic N) is 2. The van der Waals surface area contributed by atoms with Crippen molar-refractivity contribution in [3.8, 4) is 0 Å². The van der Waals surface area contributed by atoms with Gasteiger partial charge in [0, 0.05) is 36.3 Å². The van der Waals surface area contributed by atoms with Crippen LogP contribution >= 0.6 is 0 Å². The van der Waals surface area contributed by atoms with Crippen LogP contribution in [0.2, 0.25) is 0 Å². The molecule has 0 amide bonds. The average molecular weight is 494 g/mol. The SMILES string of the molecule is O=C1[C@@H](c2ccccc2)[C@@H](c2cccc([N+](=O)[O-])c2)N[C@H](c2cccc([N+](=O)[O-])c2)[C@@H]1c1ccccc1. The maximum atomic E-state index is 14.4. The number of benzene rings is 4. The van der Waals surface area contributed by atoms with Crippen LogP contribution in [0.1, 0.15) is 46.2 Å². The van der Waals surface area contributed by atoms with Crippen molar-refractivity contribution in [1.29, 1.82) is 0 Å². The molecule has 1 fully saturated rings. The number of Topliss-reactive ketones (excluding diaryl/α,β-unsaturated/α-hetero) is 1. The molecule has 4 aromatic carbocycles. The van der Waals surface area contributed by atoms with Gasteiger partial charge >= 0.3 is 0 Å². The Bertz CT molecular complexity index is 1350. The Morgan fingerprint density at radius 2 is 0.919 bits per heavy atom. The Morgan fingerprint density at radius 1 is 0.541 bits per heavy atom. The standard InChI is InChI=1S/C29H23N3O5/c33-29-25(19-9-3-1-4-10-19)27(21-13-7-15-23(17-21)31(34)35)30-28(26(29)20-11-5-2-6-12-20)22-14-8-16-24(18-22)32(36)37/h1-18,25-28,30H/t25-,26-,27+,28+/m0/s1. The number of non-ortho nitro benzene ring substituents is 2. The molecule has 184 valence electrons. The van der Waals surface area contributed by atoms with Gasteiger partial charge in [0.1, 0.15) is 0 Å². The van der Waals surface area contributed by atoms with Crippen LogP contribution in [0, 0.1) is 20.2 Å². The van der Waals surface area contributed by atoms with Gasteiger partial charge in [0.25, 0.3) is 11.4 Å². The topological polar surface area (TPSA) is 115 Å². The minimum Gasteiger partial charge on any atom is -0.301 e. The summed E-state index contributed by atoms with van der Waals surface area (Å²) in [4.78, 5) is 36.6. The van der Waals surface area contributed by atoms with Crippen LogP contribution in [-0.4, -0.2) is 15.6 Å². The molecule has 1 N–H and O–H groups in total. The summed E-state index contributed by atoms with van der Waals surface area (Å²) in [6.07, 6.45) is 0. The molecular formula is C29H23N3O5. The van der Waals surface area contributed by atoms with Crippen molar-refractivity contribution in [2.75, 3.05) is 0 Å². The van der Waals surface area contributed by atoms with E-state index in [1.165, 1.54) is 24.3 Å². The first-order valence-corrected chi connectivity index (χ1v) is 11.8. The van der Waals surface area contributed by atoms with Crippen molar-refractivity contribution in [2.45, 2.75) is 23.9 Å². The number of nitro benzene ring substituents is 2. The minimum atomic E-state index is -0.636. The number of hydrogen-bond donors (Lipinski definition) is 1. The van der Waals surface area contributed by atoms with Gasteiger partial charge in [-0.1, -0.05) is 84.9 Å². The maximum absolute atomic E-state index is 14.4. The van der Waals surface area contributed by atoms with E-state index in [1.54, 1.807) is 24.3 Å². The fraction of sp³-hybridized carbons (Fsp3) is 0.138. The number of carbonyl (C=O) groups excluding carboxylic acids is 1. The average Bonchev–Trinajstić information content (AvgIpc) is 2.93. The van der Waals surface area contributed by atoms with E-state index < -0.39 is 33.8 Å². The van der Waals surface area contributed by atoms with Crippen molar-refractivity contribution >= 4 is 17.2 Å². The van der Waals surface area contributed by atoms with Crippen LogP contribution in [0.15, 0.2) is 109 Å². The van der Waals surface area contributed by atoms with Gasteiger partial charge in [-0.25, -0.2) is 0 Å². The number of piperidine rings is 1. The van der Waals surface area contributed by atoms with E-state index in [4.69, 9.17) is 0 Å². The maximum Gasteiger partial charge on any atom is 0.269 e. The van der Waals surface area contributed by atoms with E-state index in [1.807, 2.05) is 60.7 Å². The first kappa shape index (κ1) is 24.0. The number of carbonyl (C=O) groups is 1. The van der Waals surface area contributed by atoms with Crippen molar-refractivity contribution < 1.29 is 14.6 Å². The molecule has 0 radical (unpaired) electrons. The summed E-state index contributed by atoms with van der Waals surface area (Å²) < 4.78 is 0. The highest BCUT2D eigenvalue weighted by Crippen LogP contribution is 2.47. The number of ketones is 1. The highest BCUT2D eigenvalue weighted by atomic mass is 16.6. The van der Waals surface area contributed by atoms with Gasteiger partial charge < -0.3 is 5.32 Å². The fourth-order valence-electron chi connectivity index (χ4n) is 5.18. The molecule has 37 heavy (non-hydrogen) atoms. The molecule has 4 aromatic rings. The first-order valence-electron chi connectivity index (χ1n) is 11.8. The molecule has 8 heteroatoms. The van der Waals surface area contributed by atoms with Gasteiger partial charge in [0.05, 0.1) is 21.7 Å². The zero-order valence-electron chi connectivity index (χ0n) is 19.6. The van der Waals surface area contributed by atoms with Crippen LogP contribution in [0.3, 0.4) is 0 Å². The summed E-state index contributed by atoms with van der Waals surface area (Å²) in [7, 11) is 0. The van der Waals surface area contributed by atoms with Gasteiger partial charge in [-0.3, -0.25) is 25.0 Å². The quantitative estimate of drug-likeness (QED) is 0.259. The van der Waals surface area contributed by atoms with Crippen molar-refractivity contribution in [2.24, 2.45) is 0 Å². The second kappa shape index (κ2) is 10.1. The summed E-state index contributed by atoms with van der Waals surface area (Å²) in [5, 5.41) is 26.6. The van der Waals surface area contributed by atoms with Crippen molar-refractivity contribution in [3.05, 3.63) is 152 Å². The van der Waals surface area contributed by atoms with Crippen LogP contribution in [0.4, 0.5) is 11.4 Å². The highest BCUT2D eigenvalue weighted by Gasteiger charge is 2.46. The molecule has 0 unspecified atom stereocenters. The molecular weight excluding hydrogens is 470 g/mol. The van der Waals surface area contributed by atoms with Gasteiger partial charge in [-0.2, -0.15) is 0 Å². The molecule has 0 aromatic heterocycles. The molecule has 5 rings (SSSR count). The monoisotopic (exact) mass is 493 g/mol.